The highest BCUT2D eigenvalue weighted by molar-refractivity contribution is 4.87. The van der Waals surface area contributed by atoms with Crippen LogP contribution in [-0.2, 0) is 4.74 Å². The molecule has 1 saturated carbocycles. The normalized spacial score (nSPS) is 40.0. The molecule has 0 radical (unpaired) electrons. The van der Waals surface area contributed by atoms with Gasteiger partial charge in [0.25, 0.3) is 0 Å². The van der Waals surface area contributed by atoms with E-state index >= 15 is 0 Å². The number of ether oxygens (including phenoxy) is 1. The first-order chi connectivity index (χ1) is 7.19. The van der Waals surface area contributed by atoms with Gasteiger partial charge >= 0.3 is 0 Å². The molecule has 2 fully saturated rings. The summed E-state index contributed by atoms with van der Waals surface area (Å²) in [6.45, 7) is 5.82. The van der Waals surface area contributed by atoms with Gasteiger partial charge in [0.05, 0.1) is 6.10 Å². The van der Waals surface area contributed by atoms with Crippen molar-refractivity contribution in [3.63, 3.8) is 0 Å². The lowest BCUT2D eigenvalue weighted by atomic mass is 10.2. The van der Waals surface area contributed by atoms with E-state index in [1.165, 1.54) is 25.9 Å². The molecule has 1 aliphatic carbocycles. The molecule has 2 rings (SSSR count). The molecule has 0 aromatic heterocycles. The molecule has 1 aliphatic heterocycles. The van der Waals surface area contributed by atoms with Crippen LogP contribution in [0, 0.1) is 11.8 Å². The molecule has 0 bridgehead atoms. The Labute approximate surface area is 93.2 Å². The van der Waals surface area contributed by atoms with E-state index in [4.69, 9.17) is 4.74 Å². The van der Waals surface area contributed by atoms with Crippen LogP contribution in [0.3, 0.4) is 0 Å². The van der Waals surface area contributed by atoms with Crippen LogP contribution in [0.2, 0.25) is 0 Å². The summed E-state index contributed by atoms with van der Waals surface area (Å²) in [7, 11) is 4.05. The van der Waals surface area contributed by atoms with Gasteiger partial charge in [-0.25, -0.2) is 0 Å². The van der Waals surface area contributed by atoms with Gasteiger partial charge < -0.3 is 15.0 Å². The minimum absolute atomic E-state index is 0.434. The maximum Gasteiger partial charge on any atom is 0.0711 e. The van der Waals surface area contributed by atoms with Gasteiger partial charge in [-0.05, 0) is 31.7 Å². The number of rotatable bonds is 5. The number of nitrogens with one attached hydrogen (secondary N) is 1. The number of hydrogen-bond donors (Lipinski definition) is 1. The van der Waals surface area contributed by atoms with Gasteiger partial charge in [0.15, 0.2) is 0 Å². The SMILES string of the molecule is COC1CNC(CN(C)CC2CC2C)C1. The summed E-state index contributed by atoms with van der Waals surface area (Å²) in [6, 6.07) is 0.633. The van der Waals surface area contributed by atoms with E-state index in [1.54, 1.807) is 0 Å². The first-order valence-corrected chi connectivity index (χ1v) is 6.13. The highest BCUT2D eigenvalue weighted by Gasteiger charge is 2.34. The van der Waals surface area contributed by atoms with Crippen molar-refractivity contribution >= 4 is 0 Å². The van der Waals surface area contributed by atoms with Gasteiger partial charge in [0.2, 0.25) is 0 Å². The van der Waals surface area contributed by atoms with Crippen LogP contribution in [0.25, 0.3) is 0 Å². The average Bonchev–Trinajstić information content (AvgIpc) is 2.72. The Morgan fingerprint density at radius 3 is 2.60 bits per heavy atom. The van der Waals surface area contributed by atoms with Crippen LogP contribution in [0.1, 0.15) is 19.8 Å². The Kier molecular flexibility index (Phi) is 3.65. The molecule has 15 heavy (non-hydrogen) atoms. The third-order valence-electron chi connectivity index (χ3n) is 3.87. The van der Waals surface area contributed by atoms with Gasteiger partial charge in [-0.15, -0.1) is 0 Å². The summed E-state index contributed by atoms with van der Waals surface area (Å²) < 4.78 is 5.35. The molecule has 88 valence electrons. The predicted octanol–water partition coefficient (Wildman–Crippen LogP) is 0.951. The highest BCUT2D eigenvalue weighted by Crippen LogP contribution is 2.37. The van der Waals surface area contributed by atoms with E-state index in [9.17, 15) is 0 Å². The van der Waals surface area contributed by atoms with E-state index in [2.05, 4.69) is 24.2 Å². The summed E-state index contributed by atoms with van der Waals surface area (Å²) in [5.41, 5.74) is 0. The smallest absolute Gasteiger partial charge is 0.0711 e. The Morgan fingerprint density at radius 2 is 2.07 bits per heavy atom. The lowest BCUT2D eigenvalue weighted by molar-refractivity contribution is 0.116. The molecule has 0 aromatic rings. The third kappa shape index (κ3) is 3.16. The lowest BCUT2D eigenvalue weighted by Gasteiger charge is -2.21. The van der Waals surface area contributed by atoms with Crippen molar-refractivity contribution in [1.82, 2.24) is 10.2 Å². The highest BCUT2D eigenvalue weighted by atomic mass is 16.5. The molecular formula is C12H24N2O. The molecular weight excluding hydrogens is 188 g/mol. The van der Waals surface area contributed by atoms with Gasteiger partial charge in [0.1, 0.15) is 0 Å². The fraction of sp³-hybridized carbons (Fsp3) is 1.00. The quantitative estimate of drug-likeness (QED) is 0.734. The Morgan fingerprint density at radius 1 is 1.33 bits per heavy atom. The summed E-state index contributed by atoms with van der Waals surface area (Å²) in [5.74, 6) is 1.94. The molecule has 3 nitrogen and oxygen atoms in total. The number of nitrogens with zero attached hydrogens (tertiary/aromatic N) is 1. The fourth-order valence-corrected chi connectivity index (χ4v) is 2.61. The van der Waals surface area contributed by atoms with Crippen LogP contribution in [0.15, 0.2) is 0 Å². The number of hydrogen-bond acceptors (Lipinski definition) is 3. The van der Waals surface area contributed by atoms with Crippen molar-refractivity contribution in [3.8, 4) is 0 Å². The minimum atomic E-state index is 0.434. The third-order valence-corrected chi connectivity index (χ3v) is 3.87. The van der Waals surface area contributed by atoms with Crippen LogP contribution >= 0.6 is 0 Å². The zero-order chi connectivity index (χ0) is 10.8. The lowest BCUT2D eigenvalue weighted by Crippen LogP contribution is -2.36. The largest absolute Gasteiger partial charge is 0.380 e. The zero-order valence-corrected chi connectivity index (χ0v) is 10.2. The van der Waals surface area contributed by atoms with Crippen LogP contribution < -0.4 is 5.32 Å². The van der Waals surface area contributed by atoms with Crippen molar-refractivity contribution < 1.29 is 4.74 Å². The van der Waals surface area contributed by atoms with E-state index in [0.29, 0.717) is 12.1 Å². The molecule has 1 saturated heterocycles. The number of likely N-dealkylation sites (N-methyl/N-ethyl adjacent to an activating group) is 1. The van der Waals surface area contributed by atoms with Crippen LogP contribution in [0.4, 0.5) is 0 Å². The van der Waals surface area contributed by atoms with Gasteiger partial charge in [0, 0.05) is 32.8 Å². The van der Waals surface area contributed by atoms with E-state index in [1.807, 2.05) is 7.11 Å². The zero-order valence-electron chi connectivity index (χ0n) is 10.2. The Balaban J connectivity index is 1.64. The maximum absolute atomic E-state index is 5.35. The van der Waals surface area contributed by atoms with E-state index in [0.717, 1.165) is 18.4 Å². The molecule has 1 heterocycles. The van der Waals surface area contributed by atoms with Crippen LogP contribution in [-0.4, -0.2) is 50.8 Å². The van der Waals surface area contributed by atoms with Crippen molar-refractivity contribution in [2.75, 3.05) is 33.8 Å². The monoisotopic (exact) mass is 212 g/mol. The van der Waals surface area contributed by atoms with Crippen molar-refractivity contribution in [2.24, 2.45) is 11.8 Å². The van der Waals surface area contributed by atoms with Gasteiger partial charge in [-0.2, -0.15) is 0 Å². The first-order valence-electron chi connectivity index (χ1n) is 6.13. The Bertz CT molecular complexity index is 210. The minimum Gasteiger partial charge on any atom is -0.380 e. The second-order valence-electron chi connectivity index (χ2n) is 5.39. The van der Waals surface area contributed by atoms with E-state index in [-0.39, 0.29) is 0 Å². The van der Waals surface area contributed by atoms with Gasteiger partial charge in [-0.3, -0.25) is 0 Å². The van der Waals surface area contributed by atoms with Crippen molar-refractivity contribution in [2.45, 2.75) is 31.9 Å². The summed E-state index contributed by atoms with van der Waals surface area (Å²) >= 11 is 0. The Hall–Kier alpha value is -0.120. The summed E-state index contributed by atoms with van der Waals surface area (Å²) in [6.07, 6.45) is 3.03. The molecule has 0 amide bonds. The van der Waals surface area contributed by atoms with Crippen LogP contribution in [0.5, 0.6) is 0 Å². The molecule has 1 N–H and O–H groups in total. The average molecular weight is 212 g/mol. The standard InChI is InChI=1S/C12H24N2O/c1-9-4-10(9)7-14(2)8-11-5-12(15-3)6-13-11/h9-13H,4-8H2,1-3H3. The summed E-state index contributed by atoms with van der Waals surface area (Å²) in [5, 5.41) is 3.53. The molecule has 4 atom stereocenters. The van der Waals surface area contributed by atoms with Crippen molar-refractivity contribution in [1.29, 1.82) is 0 Å². The predicted molar refractivity (Wildman–Crippen MR) is 62.0 cm³/mol. The maximum atomic E-state index is 5.35. The molecule has 3 heteroatoms. The molecule has 0 aromatic carbocycles. The molecule has 0 spiro atoms. The number of methoxy groups -OCH3 is 1. The van der Waals surface area contributed by atoms with Crippen molar-refractivity contribution in [3.05, 3.63) is 0 Å². The fourth-order valence-electron chi connectivity index (χ4n) is 2.61. The van der Waals surface area contributed by atoms with E-state index < -0.39 is 0 Å². The topological polar surface area (TPSA) is 24.5 Å². The first kappa shape index (κ1) is 11.4. The second kappa shape index (κ2) is 4.81. The molecule has 2 aliphatic rings. The van der Waals surface area contributed by atoms with Gasteiger partial charge in [-0.1, -0.05) is 6.92 Å². The second-order valence-corrected chi connectivity index (χ2v) is 5.39. The summed E-state index contributed by atoms with van der Waals surface area (Å²) in [4.78, 5) is 2.48. The molecule has 4 unspecified atom stereocenters.